The van der Waals surface area contributed by atoms with Crippen molar-refractivity contribution in [1.29, 1.82) is 0 Å². The number of hydrogen-bond acceptors (Lipinski definition) is 5. The molecule has 0 aliphatic carbocycles. The van der Waals surface area contributed by atoms with Crippen molar-refractivity contribution in [1.82, 2.24) is 5.01 Å². The summed E-state index contributed by atoms with van der Waals surface area (Å²) in [6.45, 7) is 0. The minimum Gasteiger partial charge on any atom is -0.493 e. The molecule has 2 heterocycles. The number of ether oxygens (including phenoxy) is 3. The summed E-state index contributed by atoms with van der Waals surface area (Å²) in [6, 6.07) is 19.4. The average molecular weight is 455 g/mol. The Hall–Kier alpha value is -2.89. The first-order chi connectivity index (χ1) is 15.1. The second kappa shape index (κ2) is 7.98. The third kappa shape index (κ3) is 3.48. The van der Waals surface area contributed by atoms with Crippen LogP contribution in [0.1, 0.15) is 35.4 Å². The van der Waals surface area contributed by atoms with E-state index in [-0.39, 0.29) is 6.04 Å². The number of methoxy groups -OCH3 is 2. The Morgan fingerprint density at radius 1 is 0.935 bits per heavy atom. The van der Waals surface area contributed by atoms with Crippen LogP contribution in [-0.4, -0.2) is 24.9 Å². The molecule has 3 aromatic carbocycles. The highest BCUT2D eigenvalue weighted by Gasteiger charge is 2.41. The van der Waals surface area contributed by atoms with Crippen LogP contribution in [-0.2, 0) is 0 Å². The standard InChI is InChI=1S/C24H20Cl2N2O3/c1-29-22-10-7-14(11-23(22)30-2)19-13-20-17-5-3-4-6-21(17)31-24(28(20)27-19)16-9-8-15(25)12-18(16)26/h3-12,20,24H,13H2,1-2H3/t20-,24-/m1/s1. The first-order valence-electron chi connectivity index (χ1n) is 9.88. The third-order valence-corrected chi connectivity index (χ3v) is 6.21. The Kier molecular flexibility index (Phi) is 5.16. The van der Waals surface area contributed by atoms with E-state index in [2.05, 4.69) is 6.07 Å². The van der Waals surface area contributed by atoms with Crippen LogP contribution in [0.2, 0.25) is 10.0 Å². The van der Waals surface area contributed by atoms with Crippen molar-refractivity contribution in [3.63, 3.8) is 0 Å². The Morgan fingerprint density at radius 2 is 1.74 bits per heavy atom. The number of rotatable bonds is 4. The molecular weight excluding hydrogens is 435 g/mol. The van der Waals surface area contributed by atoms with E-state index in [0.29, 0.717) is 21.5 Å². The first-order valence-corrected chi connectivity index (χ1v) is 10.6. The Bertz CT molecular complexity index is 1180. The zero-order chi connectivity index (χ0) is 21.5. The van der Waals surface area contributed by atoms with Gasteiger partial charge in [0.1, 0.15) is 5.75 Å². The lowest BCUT2D eigenvalue weighted by molar-refractivity contribution is -0.0189. The first kappa shape index (κ1) is 20.0. The average Bonchev–Trinajstić information content (AvgIpc) is 3.24. The second-order valence-electron chi connectivity index (χ2n) is 7.39. The number of hydrazone groups is 1. The molecule has 7 heteroatoms. The zero-order valence-electron chi connectivity index (χ0n) is 17.0. The third-order valence-electron chi connectivity index (χ3n) is 5.64. The van der Waals surface area contributed by atoms with Crippen LogP contribution in [0.15, 0.2) is 65.8 Å². The van der Waals surface area contributed by atoms with Crippen molar-refractivity contribution >= 4 is 28.9 Å². The van der Waals surface area contributed by atoms with E-state index in [4.69, 9.17) is 42.5 Å². The molecule has 0 radical (unpaired) electrons. The van der Waals surface area contributed by atoms with Crippen LogP contribution >= 0.6 is 23.2 Å². The highest BCUT2D eigenvalue weighted by atomic mass is 35.5. The number of hydrogen-bond donors (Lipinski definition) is 0. The summed E-state index contributed by atoms with van der Waals surface area (Å²) in [5, 5.41) is 8.09. The molecule has 2 atom stereocenters. The molecule has 0 bridgehead atoms. The van der Waals surface area contributed by atoms with Crippen molar-refractivity contribution in [2.75, 3.05) is 14.2 Å². The number of nitrogens with zero attached hydrogens (tertiary/aromatic N) is 2. The highest BCUT2D eigenvalue weighted by molar-refractivity contribution is 6.35. The van der Waals surface area contributed by atoms with E-state index >= 15 is 0 Å². The fraction of sp³-hybridized carbons (Fsp3) is 0.208. The van der Waals surface area contributed by atoms with Gasteiger partial charge < -0.3 is 14.2 Å². The van der Waals surface area contributed by atoms with Gasteiger partial charge >= 0.3 is 0 Å². The largest absolute Gasteiger partial charge is 0.493 e. The fourth-order valence-corrected chi connectivity index (χ4v) is 4.63. The molecule has 31 heavy (non-hydrogen) atoms. The van der Waals surface area contributed by atoms with Gasteiger partial charge in [-0.1, -0.05) is 47.5 Å². The Labute approximate surface area is 190 Å². The van der Waals surface area contributed by atoms with Gasteiger partial charge in [-0.25, -0.2) is 5.01 Å². The minimum absolute atomic E-state index is 0.0322. The topological polar surface area (TPSA) is 43.3 Å². The minimum atomic E-state index is -0.456. The molecule has 2 aliphatic rings. The van der Waals surface area contributed by atoms with E-state index < -0.39 is 6.23 Å². The molecule has 0 saturated heterocycles. The van der Waals surface area contributed by atoms with Crippen LogP contribution in [0.5, 0.6) is 17.2 Å². The van der Waals surface area contributed by atoms with Gasteiger partial charge in [0.05, 0.1) is 31.0 Å². The summed E-state index contributed by atoms with van der Waals surface area (Å²) in [7, 11) is 3.25. The van der Waals surface area contributed by atoms with Gasteiger partial charge in [-0.3, -0.25) is 0 Å². The lowest BCUT2D eigenvalue weighted by Gasteiger charge is -2.38. The Balaban J connectivity index is 1.59. The van der Waals surface area contributed by atoms with Crippen molar-refractivity contribution in [2.24, 2.45) is 5.10 Å². The van der Waals surface area contributed by atoms with Gasteiger partial charge in [0, 0.05) is 28.1 Å². The summed E-state index contributed by atoms with van der Waals surface area (Å²) < 4.78 is 17.2. The molecule has 3 aromatic rings. The van der Waals surface area contributed by atoms with Crippen molar-refractivity contribution in [3.05, 3.63) is 87.4 Å². The number of para-hydroxylation sites is 1. The van der Waals surface area contributed by atoms with Gasteiger partial charge in [-0.15, -0.1) is 0 Å². The number of fused-ring (bicyclic) bond motifs is 3. The maximum absolute atomic E-state index is 6.54. The highest BCUT2D eigenvalue weighted by Crippen LogP contribution is 2.48. The maximum atomic E-state index is 6.54. The molecule has 0 amide bonds. The van der Waals surface area contributed by atoms with Gasteiger partial charge in [-0.2, -0.15) is 5.10 Å². The van der Waals surface area contributed by atoms with Gasteiger partial charge in [0.2, 0.25) is 6.23 Å². The van der Waals surface area contributed by atoms with E-state index in [1.54, 1.807) is 20.3 Å². The monoisotopic (exact) mass is 454 g/mol. The molecule has 0 fully saturated rings. The predicted octanol–water partition coefficient (Wildman–Crippen LogP) is 6.25. The van der Waals surface area contributed by atoms with Gasteiger partial charge in [0.25, 0.3) is 0 Å². The van der Waals surface area contributed by atoms with Crippen LogP contribution in [0, 0.1) is 0 Å². The quantitative estimate of drug-likeness (QED) is 0.466. The second-order valence-corrected chi connectivity index (χ2v) is 8.23. The van der Waals surface area contributed by atoms with Crippen molar-refractivity contribution < 1.29 is 14.2 Å². The van der Waals surface area contributed by atoms with Crippen LogP contribution in [0.25, 0.3) is 0 Å². The molecule has 158 valence electrons. The van der Waals surface area contributed by atoms with Crippen molar-refractivity contribution in [3.8, 4) is 17.2 Å². The molecule has 0 aromatic heterocycles. The summed E-state index contributed by atoms with van der Waals surface area (Å²) >= 11 is 12.7. The number of benzene rings is 3. The summed E-state index contributed by atoms with van der Waals surface area (Å²) in [5.41, 5.74) is 3.85. The smallest absolute Gasteiger partial charge is 0.215 e. The fourth-order valence-electron chi connectivity index (χ4n) is 4.13. The SMILES string of the molecule is COc1ccc(C2=NN3[C@H](C2)c2ccccc2O[C@@H]3c2ccc(Cl)cc2Cl)cc1OC. The predicted molar refractivity (Wildman–Crippen MR) is 122 cm³/mol. The zero-order valence-corrected chi connectivity index (χ0v) is 18.5. The maximum Gasteiger partial charge on any atom is 0.215 e. The van der Waals surface area contributed by atoms with E-state index in [9.17, 15) is 0 Å². The van der Waals surface area contributed by atoms with Gasteiger partial charge in [-0.05, 0) is 36.4 Å². The van der Waals surface area contributed by atoms with Gasteiger partial charge in [0.15, 0.2) is 11.5 Å². The van der Waals surface area contributed by atoms with Crippen LogP contribution < -0.4 is 14.2 Å². The van der Waals surface area contributed by atoms with E-state index in [1.165, 1.54) is 0 Å². The molecule has 0 saturated carbocycles. The van der Waals surface area contributed by atoms with Crippen LogP contribution in [0.4, 0.5) is 0 Å². The van der Waals surface area contributed by atoms with Crippen LogP contribution in [0.3, 0.4) is 0 Å². The molecular formula is C24H20Cl2N2O3. The molecule has 0 unspecified atom stereocenters. The molecule has 5 rings (SSSR count). The lowest BCUT2D eigenvalue weighted by Crippen LogP contribution is -2.33. The lowest BCUT2D eigenvalue weighted by atomic mass is 9.96. The summed E-state index contributed by atoms with van der Waals surface area (Å²) in [4.78, 5) is 0. The Morgan fingerprint density at radius 3 is 2.52 bits per heavy atom. The molecule has 0 spiro atoms. The summed E-state index contributed by atoms with van der Waals surface area (Å²) in [5.74, 6) is 2.19. The summed E-state index contributed by atoms with van der Waals surface area (Å²) in [6.07, 6.45) is 0.278. The van der Waals surface area contributed by atoms with E-state index in [1.807, 2.05) is 53.5 Å². The molecule has 0 N–H and O–H groups in total. The molecule has 2 aliphatic heterocycles. The van der Waals surface area contributed by atoms with E-state index in [0.717, 1.165) is 34.6 Å². The number of halogens is 2. The molecule has 5 nitrogen and oxygen atoms in total. The normalized spacial score (nSPS) is 19.2. The van der Waals surface area contributed by atoms with Crippen molar-refractivity contribution in [2.45, 2.75) is 18.7 Å².